The zero-order valence-electron chi connectivity index (χ0n) is 12.1. The van der Waals surface area contributed by atoms with Crippen LogP contribution in [-0.4, -0.2) is 6.10 Å². The third-order valence-electron chi connectivity index (χ3n) is 3.63. The van der Waals surface area contributed by atoms with Crippen LogP contribution >= 0.6 is 11.6 Å². The molecule has 106 valence electrons. The molecule has 0 aliphatic rings. The van der Waals surface area contributed by atoms with Crippen molar-refractivity contribution < 1.29 is 4.74 Å². The van der Waals surface area contributed by atoms with E-state index in [0.29, 0.717) is 5.02 Å². The van der Waals surface area contributed by atoms with Gasteiger partial charge < -0.3 is 10.5 Å². The quantitative estimate of drug-likeness (QED) is 0.904. The van der Waals surface area contributed by atoms with Crippen LogP contribution in [0.4, 0.5) is 0 Å². The third kappa shape index (κ3) is 3.33. The summed E-state index contributed by atoms with van der Waals surface area (Å²) in [5.41, 5.74) is 9.93. The number of nitrogens with two attached hydrogens (primary N) is 1. The van der Waals surface area contributed by atoms with Gasteiger partial charge in [0.15, 0.2) is 0 Å². The van der Waals surface area contributed by atoms with Crippen LogP contribution in [0, 0.1) is 13.8 Å². The predicted octanol–water partition coefficient (Wildman–Crippen LogP) is 4.42. The van der Waals surface area contributed by atoms with Gasteiger partial charge >= 0.3 is 0 Å². The third-order valence-corrected chi connectivity index (χ3v) is 3.86. The number of hydrogen-bond acceptors (Lipinski definition) is 2. The van der Waals surface area contributed by atoms with Crippen LogP contribution in [0.3, 0.4) is 0 Å². The number of halogens is 1. The van der Waals surface area contributed by atoms with Crippen molar-refractivity contribution in [1.29, 1.82) is 0 Å². The molecule has 0 fully saturated rings. The summed E-state index contributed by atoms with van der Waals surface area (Å²) in [7, 11) is 0. The Morgan fingerprint density at radius 1 is 1.10 bits per heavy atom. The van der Waals surface area contributed by atoms with E-state index >= 15 is 0 Å². The Labute approximate surface area is 125 Å². The second kappa shape index (κ2) is 6.29. The maximum absolute atomic E-state index is 6.34. The summed E-state index contributed by atoms with van der Waals surface area (Å²) in [5, 5.41) is 0.662. The summed E-state index contributed by atoms with van der Waals surface area (Å²) in [6.07, 6.45) is -0.131. The fourth-order valence-electron chi connectivity index (χ4n) is 2.22. The highest BCUT2D eigenvalue weighted by Gasteiger charge is 2.19. The molecule has 2 rings (SSSR count). The van der Waals surface area contributed by atoms with E-state index in [9.17, 15) is 0 Å². The molecule has 0 amide bonds. The second-order valence-corrected chi connectivity index (χ2v) is 5.53. The van der Waals surface area contributed by atoms with Gasteiger partial charge in [0, 0.05) is 5.02 Å². The van der Waals surface area contributed by atoms with Crippen LogP contribution < -0.4 is 10.5 Å². The van der Waals surface area contributed by atoms with Gasteiger partial charge in [-0.05, 0) is 55.7 Å². The van der Waals surface area contributed by atoms with E-state index in [1.807, 2.05) is 31.2 Å². The summed E-state index contributed by atoms with van der Waals surface area (Å²) in [6, 6.07) is 13.4. The minimum absolute atomic E-state index is 0.131. The summed E-state index contributed by atoms with van der Waals surface area (Å²) in [5.74, 6) is 0.741. The molecule has 20 heavy (non-hydrogen) atoms. The van der Waals surface area contributed by atoms with Gasteiger partial charge in [-0.2, -0.15) is 0 Å². The van der Waals surface area contributed by atoms with E-state index in [-0.39, 0.29) is 12.1 Å². The molecule has 0 aliphatic carbocycles. The van der Waals surface area contributed by atoms with Gasteiger partial charge in [-0.3, -0.25) is 0 Å². The van der Waals surface area contributed by atoms with Crippen molar-refractivity contribution in [2.24, 2.45) is 5.73 Å². The zero-order valence-corrected chi connectivity index (χ0v) is 12.8. The fraction of sp³-hybridized carbons (Fsp3) is 0.294. The van der Waals surface area contributed by atoms with Gasteiger partial charge in [0.2, 0.25) is 0 Å². The Morgan fingerprint density at radius 2 is 1.80 bits per heavy atom. The molecule has 2 aromatic carbocycles. The van der Waals surface area contributed by atoms with E-state index < -0.39 is 0 Å². The maximum Gasteiger partial charge on any atom is 0.121 e. The number of hydrogen-bond donors (Lipinski definition) is 1. The lowest BCUT2D eigenvalue weighted by Crippen LogP contribution is -2.29. The molecular formula is C17H20ClNO. The smallest absolute Gasteiger partial charge is 0.121 e. The molecule has 0 heterocycles. The summed E-state index contributed by atoms with van der Waals surface area (Å²) in [6.45, 7) is 6.16. The van der Waals surface area contributed by atoms with Crippen molar-refractivity contribution in [2.75, 3.05) is 0 Å². The first-order valence-corrected chi connectivity index (χ1v) is 7.10. The Morgan fingerprint density at radius 3 is 2.50 bits per heavy atom. The standard InChI is InChI=1S/C17H20ClNO/c1-11-6-4-9-16(12(11)2)17(19)13(3)20-15-8-5-7-14(18)10-15/h4-10,13,17H,19H2,1-3H3. The lowest BCUT2D eigenvalue weighted by molar-refractivity contribution is 0.190. The van der Waals surface area contributed by atoms with Gasteiger partial charge in [-0.15, -0.1) is 0 Å². The van der Waals surface area contributed by atoms with Gasteiger partial charge in [0.05, 0.1) is 6.04 Å². The molecule has 0 saturated carbocycles. The molecule has 0 saturated heterocycles. The van der Waals surface area contributed by atoms with Gasteiger partial charge in [-0.25, -0.2) is 0 Å². The molecule has 0 bridgehead atoms. The highest BCUT2D eigenvalue weighted by Crippen LogP contribution is 2.25. The van der Waals surface area contributed by atoms with Gasteiger partial charge in [0.1, 0.15) is 11.9 Å². The molecule has 2 aromatic rings. The molecule has 2 unspecified atom stereocenters. The van der Waals surface area contributed by atoms with Crippen molar-refractivity contribution >= 4 is 11.6 Å². The highest BCUT2D eigenvalue weighted by molar-refractivity contribution is 6.30. The van der Waals surface area contributed by atoms with Crippen molar-refractivity contribution in [1.82, 2.24) is 0 Å². The predicted molar refractivity (Wildman–Crippen MR) is 84.4 cm³/mol. The summed E-state index contributed by atoms with van der Waals surface area (Å²) in [4.78, 5) is 0. The van der Waals surface area contributed by atoms with Crippen LogP contribution in [0.1, 0.15) is 29.7 Å². The molecule has 3 heteroatoms. The van der Waals surface area contributed by atoms with Crippen LogP contribution in [-0.2, 0) is 0 Å². The monoisotopic (exact) mass is 289 g/mol. The van der Waals surface area contributed by atoms with Crippen molar-refractivity contribution in [2.45, 2.75) is 32.9 Å². The maximum atomic E-state index is 6.34. The minimum Gasteiger partial charge on any atom is -0.489 e. The lowest BCUT2D eigenvalue weighted by Gasteiger charge is -2.24. The molecule has 0 spiro atoms. The number of ether oxygens (including phenoxy) is 1. The molecular weight excluding hydrogens is 270 g/mol. The Balaban J connectivity index is 2.16. The van der Waals surface area contributed by atoms with Crippen LogP contribution in [0.2, 0.25) is 5.02 Å². The zero-order chi connectivity index (χ0) is 14.7. The van der Waals surface area contributed by atoms with Gasteiger partial charge in [-0.1, -0.05) is 35.9 Å². The molecule has 0 aliphatic heterocycles. The van der Waals surface area contributed by atoms with Crippen LogP contribution in [0.5, 0.6) is 5.75 Å². The van der Waals surface area contributed by atoms with Crippen molar-refractivity contribution in [3.63, 3.8) is 0 Å². The van der Waals surface area contributed by atoms with E-state index in [2.05, 4.69) is 26.0 Å². The topological polar surface area (TPSA) is 35.2 Å². The SMILES string of the molecule is Cc1cccc(C(N)C(C)Oc2cccc(Cl)c2)c1C. The molecule has 2 nitrogen and oxygen atoms in total. The molecule has 2 N–H and O–H groups in total. The first-order chi connectivity index (χ1) is 9.49. The van der Waals surface area contributed by atoms with Crippen LogP contribution in [0.25, 0.3) is 0 Å². The van der Waals surface area contributed by atoms with E-state index in [1.165, 1.54) is 11.1 Å². The second-order valence-electron chi connectivity index (χ2n) is 5.10. The van der Waals surface area contributed by atoms with Crippen molar-refractivity contribution in [3.8, 4) is 5.75 Å². The Kier molecular flexibility index (Phi) is 4.69. The van der Waals surface area contributed by atoms with E-state index in [0.717, 1.165) is 11.3 Å². The average Bonchev–Trinajstić information content (AvgIpc) is 2.41. The average molecular weight is 290 g/mol. The first-order valence-electron chi connectivity index (χ1n) is 6.73. The number of benzene rings is 2. The highest BCUT2D eigenvalue weighted by atomic mass is 35.5. The number of aryl methyl sites for hydroxylation is 1. The normalized spacial score (nSPS) is 13.8. The molecule has 0 radical (unpaired) electrons. The lowest BCUT2D eigenvalue weighted by atomic mass is 9.95. The Bertz CT molecular complexity index is 597. The first kappa shape index (κ1) is 14.9. The van der Waals surface area contributed by atoms with E-state index in [1.54, 1.807) is 6.07 Å². The number of rotatable bonds is 4. The molecule has 2 atom stereocenters. The fourth-order valence-corrected chi connectivity index (χ4v) is 2.40. The van der Waals surface area contributed by atoms with Gasteiger partial charge in [0.25, 0.3) is 0 Å². The summed E-state index contributed by atoms with van der Waals surface area (Å²) >= 11 is 5.96. The van der Waals surface area contributed by atoms with E-state index in [4.69, 9.17) is 22.1 Å². The summed E-state index contributed by atoms with van der Waals surface area (Å²) < 4.78 is 5.90. The minimum atomic E-state index is -0.172. The van der Waals surface area contributed by atoms with Crippen molar-refractivity contribution in [3.05, 3.63) is 64.2 Å². The largest absolute Gasteiger partial charge is 0.489 e. The van der Waals surface area contributed by atoms with Crippen LogP contribution in [0.15, 0.2) is 42.5 Å². The molecule has 0 aromatic heterocycles. The Hall–Kier alpha value is -1.51.